The van der Waals surface area contributed by atoms with Crippen molar-refractivity contribution in [1.29, 1.82) is 0 Å². The third-order valence-electron chi connectivity index (χ3n) is 4.78. The third-order valence-corrected chi connectivity index (χ3v) is 4.78. The van der Waals surface area contributed by atoms with Gasteiger partial charge in [-0.1, -0.05) is 6.07 Å². The molecular formula is C21H18N6. The first-order chi connectivity index (χ1) is 13.2. The summed E-state index contributed by atoms with van der Waals surface area (Å²) in [5.74, 6) is 0. The fourth-order valence-corrected chi connectivity index (χ4v) is 3.31. The van der Waals surface area contributed by atoms with Gasteiger partial charge >= 0.3 is 0 Å². The maximum absolute atomic E-state index is 4.53. The first-order valence-corrected chi connectivity index (χ1v) is 8.74. The number of pyridine rings is 2. The molecule has 4 heterocycles. The second kappa shape index (κ2) is 5.95. The Kier molecular flexibility index (Phi) is 3.43. The van der Waals surface area contributed by atoms with Gasteiger partial charge in [-0.15, -0.1) is 0 Å². The molecule has 2 N–H and O–H groups in total. The largest absolute Gasteiger partial charge is 0.376 e. The van der Waals surface area contributed by atoms with Crippen LogP contribution in [0.5, 0.6) is 0 Å². The Morgan fingerprint density at radius 2 is 1.85 bits per heavy atom. The molecule has 6 heteroatoms. The minimum atomic E-state index is 0.890. The quantitative estimate of drug-likeness (QED) is 0.508. The van der Waals surface area contributed by atoms with Crippen molar-refractivity contribution in [2.45, 2.75) is 0 Å². The zero-order chi connectivity index (χ0) is 18.4. The Hall–Kier alpha value is -3.67. The Morgan fingerprint density at radius 3 is 2.70 bits per heavy atom. The molecule has 5 aromatic rings. The van der Waals surface area contributed by atoms with Crippen LogP contribution in [-0.2, 0) is 0 Å². The number of fused-ring (bicyclic) bond motifs is 2. The fraction of sp³-hybridized carbons (Fsp3) is 0.0952. The molecule has 0 unspecified atom stereocenters. The van der Waals surface area contributed by atoms with Gasteiger partial charge in [0, 0.05) is 37.4 Å². The summed E-state index contributed by atoms with van der Waals surface area (Å²) in [7, 11) is 4.03. The highest BCUT2D eigenvalue weighted by Crippen LogP contribution is 2.32. The lowest BCUT2D eigenvalue weighted by Gasteiger charge is -2.13. The van der Waals surface area contributed by atoms with Gasteiger partial charge in [0.2, 0.25) is 0 Å². The van der Waals surface area contributed by atoms with Crippen LogP contribution in [0, 0.1) is 0 Å². The SMILES string of the molecule is CN(C)c1cncc(-c2ccc3[nH]nc(-c4cc5ncccc5[nH]4)c3c2)c1. The van der Waals surface area contributed by atoms with Gasteiger partial charge in [0.25, 0.3) is 0 Å². The van der Waals surface area contributed by atoms with E-state index in [2.05, 4.69) is 54.3 Å². The Morgan fingerprint density at radius 1 is 0.926 bits per heavy atom. The van der Waals surface area contributed by atoms with Crippen molar-refractivity contribution in [3.05, 3.63) is 61.1 Å². The fourth-order valence-electron chi connectivity index (χ4n) is 3.31. The number of H-pyrrole nitrogens is 2. The highest BCUT2D eigenvalue weighted by molar-refractivity contribution is 5.97. The molecule has 0 radical (unpaired) electrons. The summed E-state index contributed by atoms with van der Waals surface area (Å²) in [5.41, 5.74) is 8.03. The second-order valence-electron chi connectivity index (χ2n) is 6.78. The number of aromatic amines is 2. The topological polar surface area (TPSA) is 73.5 Å². The number of aromatic nitrogens is 5. The number of hydrogen-bond acceptors (Lipinski definition) is 4. The molecule has 0 aliphatic carbocycles. The van der Waals surface area contributed by atoms with Crippen LogP contribution in [0.3, 0.4) is 0 Å². The molecule has 0 saturated carbocycles. The van der Waals surface area contributed by atoms with E-state index in [9.17, 15) is 0 Å². The van der Waals surface area contributed by atoms with E-state index in [4.69, 9.17) is 0 Å². The zero-order valence-corrected chi connectivity index (χ0v) is 15.1. The number of anilines is 1. The molecule has 0 bridgehead atoms. The Labute approximate surface area is 155 Å². The van der Waals surface area contributed by atoms with E-state index < -0.39 is 0 Å². The van der Waals surface area contributed by atoms with Gasteiger partial charge in [0.15, 0.2) is 0 Å². The number of nitrogens with zero attached hydrogens (tertiary/aromatic N) is 4. The first-order valence-electron chi connectivity index (χ1n) is 8.74. The van der Waals surface area contributed by atoms with Gasteiger partial charge < -0.3 is 9.88 Å². The Balaban J connectivity index is 1.65. The molecule has 0 aliphatic heterocycles. The van der Waals surface area contributed by atoms with Crippen LogP contribution in [-0.4, -0.2) is 39.2 Å². The van der Waals surface area contributed by atoms with Crippen molar-refractivity contribution >= 4 is 27.6 Å². The van der Waals surface area contributed by atoms with Gasteiger partial charge in [0.05, 0.1) is 34.1 Å². The molecule has 0 saturated heterocycles. The predicted molar refractivity (Wildman–Crippen MR) is 109 cm³/mol. The van der Waals surface area contributed by atoms with Crippen molar-refractivity contribution < 1.29 is 0 Å². The normalized spacial score (nSPS) is 11.3. The first kappa shape index (κ1) is 15.6. The molecule has 0 spiro atoms. The Bertz CT molecular complexity index is 1230. The lowest BCUT2D eigenvalue weighted by atomic mass is 10.0. The summed E-state index contributed by atoms with van der Waals surface area (Å²) >= 11 is 0. The summed E-state index contributed by atoms with van der Waals surface area (Å²) in [6.45, 7) is 0. The summed E-state index contributed by atoms with van der Waals surface area (Å²) in [4.78, 5) is 14.2. The maximum Gasteiger partial charge on any atom is 0.116 e. The smallest absolute Gasteiger partial charge is 0.116 e. The van der Waals surface area contributed by atoms with Crippen molar-refractivity contribution in [3.8, 4) is 22.5 Å². The molecule has 0 atom stereocenters. The van der Waals surface area contributed by atoms with Crippen LogP contribution in [0.4, 0.5) is 5.69 Å². The molecule has 27 heavy (non-hydrogen) atoms. The van der Waals surface area contributed by atoms with E-state index in [0.29, 0.717) is 0 Å². The number of rotatable bonds is 3. The number of hydrogen-bond donors (Lipinski definition) is 2. The molecule has 0 fully saturated rings. The zero-order valence-electron chi connectivity index (χ0n) is 15.1. The van der Waals surface area contributed by atoms with Gasteiger partial charge in [-0.05, 0) is 42.0 Å². The van der Waals surface area contributed by atoms with Crippen LogP contribution in [0.1, 0.15) is 0 Å². The van der Waals surface area contributed by atoms with E-state index in [0.717, 1.165) is 50.1 Å². The van der Waals surface area contributed by atoms with E-state index in [1.165, 1.54) is 0 Å². The highest BCUT2D eigenvalue weighted by Gasteiger charge is 2.13. The molecule has 5 rings (SSSR count). The summed E-state index contributed by atoms with van der Waals surface area (Å²) < 4.78 is 0. The maximum atomic E-state index is 4.53. The van der Waals surface area contributed by atoms with E-state index in [1.807, 2.05) is 44.7 Å². The van der Waals surface area contributed by atoms with E-state index in [1.54, 1.807) is 6.20 Å². The monoisotopic (exact) mass is 354 g/mol. The van der Waals surface area contributed by atoms with Gasteiger partial charge in [-0.25, -0.2) is 0 Å². The van der Waals surface area contributed by atoms with Crippen molar-refractivity contribution in [1.82, 2.24) is 25.1 Å². The molecule has 0 amide bonds. The molecule has 1 aromatic carbocycles. The number of benzene rings is 1. The van der Waals surface area contributed by atoms with Crippen LogP contribution in [0.2, 0.25) is 0 Å². The molecule has 6 nitrogen and oxygen atoms in total. The van der Waals surface area contributed by atoms with Crippen LogP contribution in [0.15, 0.2) is 61.1 Å². The van der Waals surface area contributed by atoms with Crippen molar-refractivity contribution in [2.24, 2.45) is 0 Å². The van der Waals surface area contributed by atoms with Gasteiger partial charge in [0.1, 0.15) is 5.69 Å². The minimum Gasteiger partial charge on any atom is -0.376 e. The molecule has 4 aromatic heterocycles. The van der Waals surface area contributed by atoms with Crippen molar-refractivity contribution in [3.63, 3.8) is 0 Å². The minimum absolute atomic E-state index is 0.890. The predicted octanol–water partition coefficient (Wildman–Crippen LogP) is 4.23. The summed E-state index contributed by atoms with van der Waals surface area (Å²) in [6, 6.07) is 14.4. The second-order valence-corrected chi connectivity index (χ2v) is 6.78. The summed E-state index contributed by atoms with van der Waals surface area (Å²) in [6.07, 6.45) is 5.55. The molecule has 0 aliphatic rings. The van der Waals surface area contributed by atoms with E-state index >= 15 is 0 Å². The molecular weight excluding hydrogens is 336 g/mol. The van der Waals surface area contributed by atoms with Crippen LogP contribution < -0.4 is 4.90 Å². The van der Waals surface area contributed by atoms with Crippen LogP contribution in [0.25, 0.3) is 44.5 Å². The third kappa shape index (κ3) is 2.62. The van der Waals surface area contributed by atoms with Crippen LogP contribution >= 0.6 is 0 Å². The lowest BCUT2D eigenvalue weighted by molar-refractivity contribution is 1.11. The van der Waals surface area contributed by atoms with Gasteiger partial charge in [-0.3, -0.25) is 15.1 Å². The average molecular weight is 354 g/mol. The summed E-state index contributed by atoms with van der Waals surface area (Å²) in [5, 5.41) is 8.72. The molecule has 132 valence electrons. The number of nitrogens with one attached hydrogen (secondary N) is 2. The van der Waals surface area contributed by atoms with E-state index in [-0.39, 0.29) is 0 Å². The van der Waals surface area contributed by atoms with Crippen molar-refractivity contribution in [2.75, 3.05) is 19.0 Å². The lowest BCUT2D eigenvalue weighted by Crippen LogP contribution is -2.08. The standard InChI is InChI=1S/C21H18N6/c1-27(2)15-8-14(11-22-12-15)13-5-6-17-16(9-13)21(26-25-17)20-10-19-18(24-20)4-3-7-23-19/h3-12,24H,1-2H3,(H,25,26). The highest BCUT2D eigenvalue weighted by atomic mass is 15.1. The average Bonchev–Trinajstić information content (AvgIpc) is 3.31. The van der Waals surface area contributed by atoms with Gasteiger partial charge in [-0.2, -0.15) is 5.10 Å².